The Morgan fingerprint density at radius 1 is 1.02 bits per heavy atom. The maximum atomic E-state index is 13.5. The molecule has 9 nitrogen and oxygen atoms in total. The second kappa shape index (κ2) is 13.1. The first-order valence-corrected chi connectivity index (χ1v) is 15.0. The number of Topliss-reactive ketones (excluding diaryl/α,β-unsaturated/α-hetero) is 1. The molecule has 42 heavy (non-hydrogen) atoms. The topological polar surface area (TPSA) is 115 Å². The highest BCUT2D eigenvalue weighted by molar-refractivity contribution is 8.00. The lowest BCUT2D eigenvalue weighted by Gasteiger charge is -2.23. The van der Waals surface area contributed by atoms with Crippen molar-refractivity contribution < 1.29 is 28.6 Å². The number of ketones is 1. The van der Waals surface area contributed by atoms with Crippen LogP contribution in [0.1, 0.15) is 43.0 Å². The van der Waals surface area contributed by atoms with E-state index in [1.54, 1.807) is 42.5 Å². The molecule has 1 amide bonds. The molecule has 0 aliphatic carbocycles. The number of anilines is 1. The number of carbonyl (C=O) groups is 2. The summed E-state index contributed by atoms with van der Waals surface area (Å²) in [6.45, 7) is 4.70. The summed E-state index contributed by atoms with van der Waals surface area (Å²) in [4.78, 5) is 32.3. The molecule has 3 heterocycles. The Hall–Kier alpha value is -4.29. The van der Waals surface area contributed by atoms with Crippen LogP contribution < -0.4 is 14.4 Å². The fourth-order valence-electron chi connectivity index (χ4n) is 4.39. The largest absolute Gasteiger partial charge is 0.507 e. The minimum absolute atomic E-state index is 0.0911. The highest BCUT2D eigenvalue weighted by Gasteiger charge is 2.48. The third-order valence-corrected chi connectivity index (χ3v) is 8.45. The van der Waals surface area contributed by atoms with Crippen LogP contribution in [0.15, 0.2) is 76.9 Å². The van der Waals surface area contributed by atoms with Gasteiger partial charge >= 0.3 is 5.91 Å². The smallest absolute Gasteiger partial charge is 0.301 e. The zero-order valence-corrected chi connectivity index (χ0v) is 24.5. The van der Waals surface area contributed by atoms with Gasteiger partial charge in [0.25, 0.3) is 5.78 Å². The highest BCUT2D eigenvalue weighted by atomic mass is 32.2. The van der Waals surface area contributed by atoms with Gasteiger partial charge in [0.15, 0.2) is 15.8 Å². The first-order valence-electron chi connectivity index (χ1n) is 13.2. The van der Waals surface area contributed by atoms with Gasteiger partial charge in [0.2, 0.25) is 5.13 Å². The Morgan fingerprint density at radius 3 is 2.50 bits per heavy atom. The van der Waals surface area contributed by atoms with Crippen molar-refractivity contribution in [2.75, 3.05) is 18.1 Å². The summed E-state index contributed by atoms with van der Waals surface area (Å²) in [5, 5.41) is 20.0. The fourth-order valence-corrected chi connectivity index (χ4v) is 6.21. The van der Waals surface area contributed by atoms with Crippen LogP contribution in [-0.4, -0.2) is 45.2 Å². The van der Waals surface area contributed by atoms with Crippen LogP contribution >= 0.6 is 23.1 Å². The van der Waals surface area contributed by atoms with Crippen LogP contribution in [-0.2, 0) is 15.3 Å². The molecule has 1 unspecified atom stereocenters. The number of amides is 1. The van der Waals surface area contributed by atoms with Crippen LogP contribution in [0.3, 0.4) is 0 Å². The van der Waals surface area contributed by atoms with Crippen LogP contribution in [0.4, 0.5) is 9.52 Å². The monoisotopic (exact) mass is 606 g/mol. The van der Waals surface area contributed by atoms with Gasteiger partial charge in [-0.05, 0) is 60.9 Å². The van der Waals surface area contributed by atoms with E-state index >= 15 is 0 Å². The highest BCUT2D eigenvalue weighted by Crippen LogP contribution is 2.45. The number of halogens is 1. The lowest BCUT2D eigenvalue weighted by atomic mass is 9.95. The van der Waals surface area contributed by atoms with Gasteiger partial charge in [-0.2, -0.15) is 0 Å². The number of carbonyl (C=O) groups excluding carboxylic acids is 2. The van der Waals surface area contributed by atoms with E-state index in [-0.39, 0.29) is 22.3 Å². The molecule has 1 aliphatic heterocycles. The molecule has 1 N–H and O–H groups in total. The van der Waals surface area contributed by atoms with E-state index in [2.05, 4.69) is 15.2 Å². The van der Waals surface area contributed by atoms with Gasteiger partial charge in [-0.1, -0.05) is 48.2 Å². The number of thioether (sulfide) groups is 1. The minimum Gasteiger partial charge on any atom is -0.507 e. The van der Waals surface area contributed by atoms with Gasteiger partial charge < -0.3 is 14.6 Å². The van der Waals surface area contributed by atoms with E-state index < -0.39 is 17.7 Å². The second-order valence-electron chi connectivity index (χ2n) is 9.16. The second-order valence-corrected chi connectivity index (χ2v) is 11.3. The van der Waals surface area contributed by atoms with Gasteiger partial charge in [-0.15, -0.1) is 10.2 Å². The summed E-state index contributed by atoms with van der Waals surface area (Å²) in [6, 6.07) is 13.4. The number of aromatic nitrogens is 3. The summed E-state index contributed by atoms with van der Waals surface area (Å²) in [6.07, 6.45) is 3.78. The van der Waals surface area contributed by atoms with Crippen molar-refractivity contribution in [3.8, 4) is 11.5 Å². The third kappa shape index (κ3) is 6.14. The number of rotatable bonds is 11. The van der Waals surface area contributed by atoms with Crippen molar-refractivity contribution in [3.05, 3.63) is 95.1 Å². The normalized spacial score (nSPS) is 16.2. The van der Waals surface area contributed by atoms with E-state index in [9.17, 15) is 19.1 Å². The molecule has 216 valence electrons. The number of pyridine rings is 1. The van der Waals surface area contributed by atoms with E-state index in [4.69, 9.17) is 9.47 Å². The summed E-state index contributed by atoms with van der Waals surface area (Å²) in [7, 11) is 0. The minimum atomic E-state index is -1.01. The fraction of sp³-hybridized carbons (Fsp3) is 0.233. The molecule has 0 saturated carbocycles. The Balaban J connectivity index is 1.56. The molecule has 4 aromatic rings. The summed E-state index contributed by atoms with van der Waals surface area (Å²) >= 11 is 2.52. The molecule has 1 fully saturated rings. The molecule has 12 heteroatoms. The quantitative estimate of drug-likeness (QED) is 0.0703. The Bertz CT molecular complexity index is 1610. The first-order chi connectivity index (χ1) is 20.4. The van der Waals surface area contributed by atoms with Gasteiger partial charge in [0, 0.05) is 23.7 Å². The Morgan fingerprint density at radius 2 is 1.79 bits per heavy atom. The molecule has 0 spiro atoms. The lowest BCUT2D eigenvalue weighted by molar-refractivity contribution is -0.132. The zero-order chi connectivity index (χ0) is 29.6. The summed E-state index contributed by atoms with van der Waals surface area (Å²) in [5.74, 6) is -0.851. The van der Waals surface area contributed by atoms with Gasteiger partial charge in [0.05, 0.1) is 24.8 Å². The Kier molecular flexibility index (Phi) is 9.13. The zero-order valence-electron chi connectivity index (χ0n) is 22.8. The summed E-state index contributed by atoms with van der Waals surface area (Å²) in [5.41, 5.74) is 1.66. The van der Waals surface area contributed by atoms with E-state index in [1.165, 1.54) is 41.2 Å². The first kappa shape index (κ1) is 29.2. The van der Waals surface area contributed by atoms with Crippen molar-refractivity contribution in [2.24, 2.45) is 0 Å². The van der Waals surface area contributed by atoms with Crippen LogP contribution in [0, 0.1) is 5.82 Å². The van der Waals surface area contributed by atoms with Gasteiger partial charge in [0.1, 0.15) is 11.6 Å². The average Bonchev–Trinajstić information content (AvgIpc) is 3.58. The van der Waals surface area contributed by atoms with Gasteiger partial charge in [-0.25, -0.2) is 4.39 Å². The SMILES string of the molecule is CCCOc1ccc(C2/C(=C(\O)c3ccncc3)C(=O)C(=O)N2c2nnc(SCc3ccc(F)cc3)s2)cc1OCC. The van der Waals surface area contributed by atoms with Crippen molar-refractivity contribution in [1.29, 1.82) is 0 Å². The standard InChI is InChI=1S/C30H27FN4O5S2/c1-3-15-40-22-10-7-20(16-23(22)39-4-2)25-24(26(36)19-11-13-32-14-12-19)27(37)28(38)35(25)29-33-34-30(42-29)41-17-18-5-8-21(31)9-6-18/h5-14,16,25,36H,3-4,15,17H2,1-2H3/b26-24+. The maximum Gasteiger partial charge on any atom is 0.301 e. The average molecular weight is 607 g/mol. The lowest BCUT2D eigenvalue weighted by Crippen LogP contribution is -2.29. The van der Waals surface area contributed by atoms with Crippen LogP contribution in [0.25, 0.3) is 5.76 Å². The number of hydrogen-bond donors (Lipinski definition) is 1. The van der Waals surface area contributed by atoms with Crippen molar-refractivity contribution >= 4 is 45.7 Å². The third-order valence-electron chi connectivity index (χ3n) is 6.32. The maximum absolute atomic E-state index is 13.5. The van der Waals surface area contributed by atoms with Crippen molar-refractivity contribution in [2.45, 2.75) is 36.4 Å². The molecule has 5 rings (SSSR count). The Labute approximate surface area is 250 Å². The number of benzene rings is 2. The molecule has 1 atom stereocenters. The number of aliphatic hydroxyl groups excluding tert-OH is 1. The number of hydrogen-bond acceptors (Lipinski definition) is 10. The molecule has 2 aromatic carbocycles. The van der Waals surface area contributed by atoms with E-state index in [1.807, 2.05) is 13.8 Å². The molecular formula is C30H27FN4O5S2. The molecule has 2 aromatic heterocycles. The predicted octanol–water partition coefficient (Wildman–Crippen LogP) is 6.18. The molecule has 0 bridgehead atoms. The predicted molar refractivity (Wildman–Crippen MR) is 158 cm³/mol. The number of aliphatic hydroxyl groups is 1. The van der Waals surface area contributed by atoms with E-state index in [0.29, 0.717) is 45.9 Å². The van der Waals surface area contributed by atoms with E-state index in [0.717, 1.165) is 23.3 Å². The number of ether oxygens (including phenoxy) is 2. The van der Waals surface area contributed by atoms with Crippen LogP contribution in [0.2, 0.25) is 0 Å². The molecular weight excluding hydrogens is 579 g/mol. The molecule has 1 saturated heterocycles. The van der Waals surface area contributed by atoms with Gasteiger partial charge in [-0.3, -0.25) is 19.5 Å². The van der Waals surface area contributed by atoms with Crippen LogP contribution in [0.5, 0.6) is 11.5 Å². The number of nitrogens with zero attached hydrogens (tertiary/aromatic N) is 4. The van der Waals surface area contributed by atoms with Crippen molar-refractivity contribution in [3.63, 3.8) is 0 Å². The molecule has 0 radical (unpaired) electrons. The molecule has 1 aliphatic rings. The van der Waals surface area contributed by atoms with Crippen molar-refractivity contribution in [1.82, 2.24) is 15.2 Å². The summed E-state index contributed by atoms with van der Waals surface area (Å²) < 4.78 is 25.5.